The van der Waals surface area contributed by atoms with E-state index in [4.69, 9.17) is 4.74 Å². The zero-order valence-electron chi connectivity index (χ0n) is 14.0. The van der Waals surface area contributed by atoms with Crippen molar-refractivity contribution in [2.75, 3.05) is 14.2 Å². The van der Waals surface area contributed by atoms with Gasteiger partial charge in [-0.1, -0.05) is 0 Å². The molecule has 2 rings (SSSR count). The van der Waals surface area contributed by atoms with E-state index in [0.29, 0.717) is 9.32 Å². The number of halogens is 4. The number of benzene rings is 2. The summed E-state index contributed by atoms with van der Waals surface area (Å²) in [7, 11) is -3.19. The second-order valence-electron chi connectivity index (χ2n) is 4.87. The summed E-state index contributed by atoms with van der Waals surface area (Å²) in [5.41, 5.74) is -5.37. The molecule has 0 spiro atoms. The van der Waals surface area contributed by atoms with Crippen LogP contribution in [0.3, 0.4) is 0 Å². The molecule has 2 aromatic carbocycles. The Bertz CT molecular complexity index is 895. The molecule has 0 N–H and O–H groups in total. The molecule has 0 aliphatic carbocycles. The van der Waals surface area contributed by atoms with E-state index >= 15 is 0 Å². The Balaban J connectivity index is 2.47. The van der Waals surface area contributed by atoms with Crippen LogP contribution in [0.5, 0.6) is 5.75 Å². The quantitative estimate of drug-likeness (QED) is 0.329. The van der Waals surface area contributed by atoms with Crippen LogP contribution < -0.4 is 4.74 Å². The number of carbonyl (C=O) groups excluding carboxylic acids is 1. The third-order valence-electron chi connectivity index (χ3n) is 3.14. The van der Waals surface area contributed by atoms with Gasteiger partial charge in [0.05, 0.1) is 0 Å². The first-order valence-electron chi connectivity index (χ1n) is 7.12. The van der Waals surface area contributed by atoms with Gasteiger partial charge >= 0.3 is 161 Å². The second kappa shape index (κ2) is 8.44. The summed E-state index contributed by atoms with van der Waals surface area (Å²) in [5, 5.41) is 0. The van der Waals surface area contributed by atoms with Gasteiger partial charge in [-0.05, 0) is 0 Å². The normalized spacial score (nSPS) is 12.4. The first-order valence-corrected chi connectivity index (χ1v) is 11.6. The third kappa shape index (κ3) is 5.11. The van der Waals surface area contributed by atoms with Crippen molar-refractivity contribution in [1.29, 1.82) is 0 Å². The van der Waals surface area contributed by atoms with Crippen molar-refractivity contribution in [1.82, 2.24) is 0 Å². The molecule has 0 heterocycles. The molecule has 27 heavy (non-hydrogen) atoms. The molecule has 0 saturated heterocycles. The van der Waals surface area contributed by atoms with Crippen molar-refractivity contribution in [3.8, 4) is 5.75 Å². The summed E-state index contributed by atoms with van der Waals surface area (Å²) in [6.45, 7) is 0. The van der Waals surface area contributed by atoms with Crippen molar-refractivity contribution < 1.29 is 38.4 Å². The predicted octanol–water partition coefficient (Wildman–Crippen LogP) is 3.81. The zero-order valence-corrected chi connectivity index (χ0v) is 17.0. The SMILES string of the molecule is COC(=O)c1ccc(I(OS(=O)(=O)C(F)(F)F)c2ccc(OC)cc2)cc1. The monoisotopic (exact) mass is 518 g/mol. The minimum absolute atomic E-state index is 0.172. The summed E-state index contributed by atoms with van der Waals surface area (Å²) in [6.07, 6.45) is 0. The van der Waals surface area contributed by atoms with Crippen LogP contribution in [-0.2, 0) is 17.4 Å². The van der Waals surface area contributed by atoms with E-state index in [0.717, 1.165) is 0 Å². The number of hydrogen-bond donors (Lipinski definition) is 0. The number of ether oxygens (including phenoxy) is 2. The summed E-state index contributed by atoms with van der Waals surface area (Å²) >= 11 is -3.50. The Labute approximate surface area is 161 Å². The van der Waals surface area contributed by atoms with E-state index in [1.807, 2.05) is 0 Å². The molecule has 0 aromatic heterocycles. The van der Waals surface area contributed by atoms with Gasteiger partial charge in [-0.2, -0.15) is 0 Å². The molecule has 6 nitrogen and oxygen atoms in total. The predicted molar refractivity (Wildman–Crippen MR) is 98.2 cm³/mol. The fraction of sp³-hybridized carbons (Fsp3) is 0.188. The molecule has 148 valence electrons. The van der Waals surface area contributed by atoms with E-state index in [2.05, 4.69) is 7.25 Å². The Morgan fingerprint density at radius 2 is 1.41 bits per heavy atom. The van der Waals surface area contributed by atoms with Crippen molar-refractivity contribution in [2.45, 2.75) is 5.51 Å². The van der Waals surface area contributed by atoms with Gasteiger partial charge in [0.2, 0.25) is 0 Å². The van der Waals surface area contributed by atoms with Gasteiger partial charge in [-0.15, -0.1) is 0 Å². The molecule has 0 saturated carbocycles. The molecule has 2 aromatic rings. The number of methoxy groups -OCH3 is 2. The first-order chi connectivity index (χ1) is 12.6. The second-order valence-corrected chi connectivity index (χ2v) is 11.4. The van der Waals surface area contributed by atoms with Crippen LogP contribution in [0.25, 0.3) is 0 Å². The van der Waals surface area contributed by atoms with Gasteiger partial charge in [-0.3, -0.25) is 0 Å². The van der Waals surface area contributed by atoms with E-state index in [9.17, 15) is 26.4 Å². The number of alkyl halides is 3. The van der Waals surface area contributed by atoms with Crippen LogP contribution in [0.4, 0.5) is 13.2 Å². The average Bonchev–Trinajstić information content (AvgIpc) is 2.65. The van der Waals surface area contributed by atoms with E-state index in [1.54, 1.807) is 0 Å². The molecule has 0 fully saturated rings. The fourth-order valence-corrected chi connectivity index (χ4v) is 8.23. The van der Waals surface area contributed by atoms with E-state index in [1.165, 1.54) is 62.8 Å². The molecule has 0 bridgehead atoms. The maximum atomic E-state index is 12.8. The summed E-state index contributed by atoms with van der Waals surface area (Å²) in [4.78, 5) is 11.5. The van der Waals surface area contributed by atoms with E-state index in [-0.39, 0.29) is 9.13 Å². The average molecular weight is 518 g/mol. The van der Waals surface area contributed by atoms with Crippen LogP contribution in [0.1, 0.15) is 10.4 Å². The van der Waals surface area contributed by atoms with Crippen LogP contribution >= 0.6 is 20.2 Å². The first kappa shape index (κ1) is 21.4. The zero-order chi connectivity index (χ0) is 20.2. The molecule has 0 aliphatic heterocycles. The number of esters is 1. The van der Waals surface area contributed by atoms with Gasteiger partial charge < -0.3 is 0 Å². The van der Waals surface area contributed by atoms with Gasteiger partial charge in [0.1, 0.15) is 0 Å². The summed E-state index contributed by atoms with van der Waals surface area (Å²) in [5.74, 6) is -0.176. The van der Waals surface area contributed by atoms with Gasteiger partial charge in [0.25, 0.3) is 0 Å². The summed E-state index contributed by atoms with van der Waals surface area (Å²) < 4.78 is 76.2. The molecule has 0 radical (unpaired) electrons. The molecule has 0 unspecified atom stereocenters. The molecular formula is C16H14F3IO6S. The van der Waals surface area contributed by atoms with E-state index < -0.39 is 41.8 Å². The van der Waals surface area contributed by atoms with Crippen LogP contribution in [0.15, 0.2) is 48.5 Å². The standard InChI is InChI=1S/C16H14F3IO6S/c1-24-14-9-7-13(8-10-14)20(26-27(22,23)16(17,18)19)12-5-3-11(4-6-12)15(21)25-2/h3-10H,1-2H3. The Hall–Kier alpha value is -1.86. The maximum absolute atomic E-state index is 12.8. The van der Waals surface area contributed by atoms with Gasteiger partial charge in [-0.25, -0.2) is 0 Å². The Kier molecular flexibility index (Phi) is 6.70. The number of rotatable bonds is 6. The van der Waals surface area contributed by atoms with Crippen molar-refractivity contribution in [3.63, 3.8) is 0 Å². The van der Waals surface area contributed by atoms with Crippen LogP contribution in [0.2, 0.25) is 0 Å². The number of hydrogen-bond acceptors (Lipinski definition) is 6. The van der Waals surface area contributed by atoms with Crippen molar-refractivity contribution in [2.24, 2.45) is 0 Å². The third-order valence-corrected chi connectivity index (χ3v) is 10.2. The molecule has 0 aliphatic rings. The fourth-order valence-electron chi connectivity index (χ4n) is 1.82. The van der Waals surface area contributed by atoms with Crippen molar-refractivity contribution in [3.05, 3.63) is 61.2 Å². The van der Waals surface area contributed by atoms with Crippen LogP contribution in [0, 0.1) is 7.14 Å². The molecule has 0 amide bonds. The van der Waals surface area contributed by atoms with Gasteiger partial charge in [0.15, 0.2) is 0 Å². The molecular weight excluding hydrogens is 504 g/mol. The Morgan fingerprint density at radius 3 is 1.81 bits per heavy atom. The minimum atomic E-state index is -5.79. The number of carbonyl (C=O) groups is 1. The van der Waals surface area contributed by atoms with Crippen molar-refractivity contribution >= 4 is 36.3 Å². The topological polar surface area (TPSA) is 78.9 Å². The van der Waals surface area contributed by atoms with Gasteiger partial charge in [0, 0.05) is 0 Å². The molecule has 11 heteroatoms. The van der Waals surface area contributed by atoms with Crippen LogP contribution in [-0.4, -0.2) is 34.1 Å². The molecule has 0 atom stereocenters. The Morgan fingerprint density at radius 1 is 0.926 bits per heavy atom. The summed E-state index contributed by atoms with van der Waals surface area (Å²) in [6, 6.07) is 11.3.